The summed E-state index contributed by atoms with van der Waals surface area (Å²) in [5, 5.41) is 0. The molecule has 1 aromatic rings. The van der Waals surface area contributed by atoms with Gasteiger partial charge in [0.15, 0.2) is 0 Å². The van der Waals surface area contributed by atoms with Gasteiger partial charge >= 0.3 is 0 Å². The summed E-state index contributed by atoms with van der Waals surface area (Å²) in [6.07, 6.45) is 9.46. The molecular weight excluding hydrogens is 160 g/mol. The smallest absolute Gasteiger partial charge is 0.0992 e. The van der Waals surface area contributed by atoms with Crippen molar-refractivity contribution in [1.82, 2.24) is 9.55 Å². The summed E-state index contributed by atoms with van der Waals surface area (Å²) in [7, 11) is 0. The maximum absolute atomic E-state index is 4.05. The van der Waals surface area contributed by atoms with Crippen LogP contribution in [0.4, 0.5) is 0 Å². The maximum Gasteiger partial charge on any atom is 0.0992 e. The third-order valence-electron chi connectivity index (χ3n) is 1.51. The van der Waals surface area contributed by atoms with E-state index in [9.17, 15) is 0 Å². The number of aromatic nitrogens is 2. The molecule has 2 nitrogen and oxygen atoms in total. The molecule has 0 aromatic carbocycles. The summed E-state index contributed by atoms with van der Waals surface area (Å²) >= 11 is 0. The van der Waals surface area contributed by atoms with Crippen LogP contribution in [0.1, 0.15) is 26.5 Å². The van der Waals surface area contributed by atoms with Gasteiger partial charge in [-0.3, -0.25) is 0 Å². The van der Waals surface area contributed by atoms with Gasteiger partial charge in [-0.15, -0.1) is 5.73 Å². The van der Waals surface area contributed by atoms with E-state index < -0.39 is 0 Å². The molecule has 1 rings (SSSR count). The molecule has 0 saturated carbocycles. The molecule has 0 fully saturated rings. The second kappa shape index (κ2) is 4.48. The highest BCUT2D eigenvalue weighted by molar-refractivity contribution is 5.47. The molecule has 0 radical (unpaired) electrons. The fourth-order valence-electron chi connectivity index (χ4n) is 0.930. The van der Waals surface area contributed by atoms with E-state index >= 15 is 0 Å². The Kier molecular flexibility index (Phi) is 3.30. The molecule has 0 aliphatic carbocycles. The van der Waals surface area contributed by atoms with Crippen molar-refractivity contribution in [2.24, 2.45) is 0 Å². The van der Waals surface area contributed by atoms with Gasteiger partial charge < -0.3 is 4.57 Å². The van der Waals surface area contributed by atoms with E-state index in [1.807, 2.05) is 49.9 Å². The number of rotatable bonds is 2. The van der Waals surface area contributed by atoms with Gasteiger partial charge in [-0.2, -0.15) is 0 Å². The first-order valence-corrected chi connectivity index (χ1v) is 4.28. The molecule has 13 heavy (non-hydrogen) atoms. The van der Waals surface area contributed by atoms with Crippen LogP contribution < -0.4 is 0 Å². The molecule has 1 heterocycles. The lowest BCUT2D eigenvalue weighted by Crippen LogP contribution is -1.84. The zero-order chi connectivity index (χ0) is 9.68. The number of imidazole rings is 1. The maximum atomic E-state index is 4.05. The number of nitrogens with zero attached hydrogens (tertiary/aromatic N) is 2. The van der Waals surface area contributed by atoms with E-state index in [1.165, 1.54) is 0 Å². The molecule has 0 bridgehead atoms. The quantitative estimate of drug-likeness (QED) is 0.630. The van der Waals surface area contributed by atoms with Gasteiger partial charge in [-0.05, 0) is 26.3 Å². The normalized spacial score (nSPS) is 10.1. The molecule has 0 N–H and O–H groups in total. The van der Waals surface area contributed by atoms with Crippen molar-refractivity contribution in [2.75, 3.05) is 0 Å². The highest BCUT2D eigenvalue weighted by atomic mass is 15.0. The molecule has 2 heteroatoms. The third-order valence-corrected chi connectivity index (χ3v) is 1.51. The zero-order valence-electron chi connectivity index (χ0n) is 8.28. The Hall–Kier alpha value is -1.53. The Labute approximate surface area is 78.9 Å². The van der Waals surface area contributed by atoms with Crippen molar-refractivity contribution >= 4 is 12.3 Å². The number of hydrogen-bond acceptors (Lipinski definition) is 1. The Morgan fingerprint density at radius 3 is 2.92 bits per heavy atom. The Bertz CT molecular complexity index is 359. The third kappa shape index (κ3) is 2.77. The summed E-state index contributed by atoms with van der Waals surface area (Å²) in [6, 6.07) is 0. The van der Waals surface area contributed by atoms with Crippen LogP contribution in [0.3, 0.4) is 0 Å². The highest BCUT2D eigenvalue weighted by Gasteiger charge is 1.91. The van der Waals surface area contributed by atoms with E-state index in [-0.39, 0.29) is 0 Å². The predicted molar refractivity (Wildman–Crippen MR) is 56.1 cm³/mol. The molecule has 0 spiro atoms. The van der Waals surface area contributed by atoms with E-state index in [4.69, 9.17) is 0 Å². The van der Waals surface area contributed by atoms with Gasteiger partial charge in [0, 0.05) is 12.3 Å². The fourth-order valence-corrected chi connectivity index (χ4v) is 0.930. The first kappa shape index (κ1) is 9.56. The number of hydrogen-bond donors (Lipinski definition) is 0. The Morgan fingerprint density at radius 1 is 1.54 bits per heavy atom. The van der Waals surface area contributed by atoms with Crippen molar-refractivity contribution in [2.45, 2.75) is 20.8 Å². The van der Waals surface area contributed by atoms with Crippen molar-refractivity contribution in [3.63, 3.8) is 0 Å². The lowest BCUT2D eigenvalue weighted by molar-refractivity contribution is 1.12. The highest BCUT2D eigenvalue weighted by Crippen LogP contribution is 2.02. The monoisotopic (exact) mass is 174 g/mol. The zero-order valence-corrected chi connectivity index (χ0v) is 8.28. The van der Waals surface area contributed by atoms with Gasteiger partial charge in [0.1, 0.15) is 0 Å². The van der Waals surface area contributed by atoms with Gasteiger partial charge in [0.25, 0.3) is 0 Å². The van der Waals surface area contributed by atoms with Crippen LogP contribution in [0.25, 0.3) is 12.3 Å². The Morgan fingerprint density at radius 2 is 2.31 bits per heavy atom. The van der Waals surface area contributed by atoms with Crippen LogP contribution in [0.15, 0.2) is 29.9 Å². The minimum Gasteiger partial charge on any atom is -0.306 e. The molecule has 0 saturated heterocycles. The number of allylic oxidation sites excluding steroid dienone is 2. The average molecular weight is 174 g/mol. The largest absolute Gasteiger partial charge is 0.306 e. The van der Waals surface area contributed by atoms with Crippen molar-refractivity contribution in [1.29, 1.82) is 0 Å². The van der Waals surface area contributed by atoms with Crippen LogP contribution in [-0.2, 0) is 0 Å². The van der Waals surface area contributed by atoms with Crippen molar-refractivity contribution in [3.05, 3.63) is 35.6 Å². The van der Waals surface area contributed by atoms with E-state index in [0.29, 0.717) is 0 Å². The van der Waals surface area contributed by atoms with Gasteiger partial charge in [0.2, 0.25) is 0 Å². The van der Waals surface area contributed by atoms with Crippen LogP contribution in [0, 0.1) is 0 Å². The molecular formula is C11H14N2. The van der Waals surface area contributed by atoms with Crippen LogP contribution in [0.2, 0.25) is 0 Å². The van der Waals surface area contributed by atoms with Gasteiger partial charge in [-0.25, -0.2) is 4.98 Å². The summed E-state index contributed by atoms with van der Waals surface area (Å²) in [5.41, 5.74) is 5.35. The summed E-state index contributed by atoms with van der Waals surface area (Å²) in [5.74, 6) is 0. The van der Waals surface area contributed by atoms with Crippen molar-refractivity contribution < 1.29 is 0 Å². The molecule has 1 aromatic heterocycles. The summed E-state index contributed by atoms with van der Waals surface area (Å²) in [4.78, 5) is 4.05. The van der Waals surface area contributed by atoms with Crippen LogP contribution in [-0.4, -0.2) is 9.55 Å². The topological polar surface area (TPSA) is 17.8 Å². The second-order valence-electron chi connectivity index (χ2n) is 3.00. The lowest BCUT2D eigenvalue weighted by atomic mass is 10.3. The van der Waals surface area contributed by atoms with Gasteiger partial charge in [0.05, 0.1) is 18.2 Å². The second-order valence-corrected chi connectivity index (χ2v) is 3.00. The molecule has 0 amide bonds. The van der Waals surface area contributed by atoms with Crippen LogP contribution >= 0.6 is 0 Å². The van der Waals surface area contributed by atoms with Gasteiger partial charge in [-0.1, -0.05) is 6.08 Å². The minimum atomic E-state index is 1.04. The van der Waals surface area contributed by atoms with Crippen molar-refractivity contribution in [3.8, 4) is 0 Å². The first-order chi connectivity index (χ1) is 6.24. The molecule has 0 unspecified atom stereocenters. The minimum absolute atomic E-state index is 1.04. The molecule has 0 aliphatic heterocycles. The molecule has 0 atom stereocenters. The SMILES string of the molecule is C/C=C\n1cncc1C=C=C(C)C. The predicted octanol–water partition coefficient (Wildman–Crippen LogP) is 2.95. The first-order valence-electron chi connectivity index (χ1n) is 4.28. The molecule has 0 aliphatic rings. The average Bonchev–Trinajstić information content (AvgIpc) is 2.49. The molecule has 68 valence electrons. The Balaban J connectivity index is 3.02. The lowest BCUT2D eigenvalue weighted by Gasteiger charge is -1.93. The fraction of sp³-hybridized carbons (Fsp3) is 0.273. The van der Waals surface area contributed by atoms with Crippen LogP contribution in [0.5, 0.6) is 0 Å². The van der Waals surface area contributed by atoms with E-state index in [2.05, 4.69) is 10.7 Å². The van der Waals surface area contributed by atoms with E-state index in [0.717, 1.165) is 11.3 Å². The summed E-state index contributed by atoms with van der Waals surface area (Å²) < 4.78 is 1.95. The standard InChI is InChI=1S/C11H14N2/c1-4-7-13-9-12-8-11(13)6-5-10(2)3/h4,6-9H,1-3H3/b7-4-. The van der Waals surface area contributed by atoms with E-state index in [1.54, 1.807) is 6.33 Å². The summed E-state index contributed by atoms with van der Waals surface area (Å²) in [6.45, 7) is 6.02.